The van der Waals surface area contributed by atoms with Gasteiger partial charge in [-0.15, -0.1) is 11.3 Å². The molecule has 0 fully saturated rings. The molecule has 0 saturated heterocycles. The topological polar surface area (TPSA) is 71.5 Å². The Labute approximate surface area is 134 Å². The number of hydrogen-bond donors (Lipinski definition) is 1. The van der Waals surface area contributed by atoms with Crippen LogP contribution >= 0.6 is 11.3 Å². The zero-order chi connectivity index (χ0) is 16.3. The number of benzene rings is 1. The van der Waals surface area contributed by atoms with Gasteiger partial charge in [-0.05, 0) is 38.7 Å². The summed E-state index contributed by atoms with van der Waals surface area (Å²) in [6, 6.07) is 5.02. The van der Waals surface area contributed by atoms with Crippen molar-refractivity contribution in [2.45, 2.75) is 18.4 Å². The molecule has 1 aromatic heterocycles. The Morgan fingerprint density at radius 3 is 2.73 bits per heavy atom. The highest BCUT2D eigenvalue weighted by Gasteiger charge is 2.21. The second-order valence-corrected chi connectivity index (χ2v) is 7.65. The largest absolute Gasteiger partial charge is 0.495 e. The third-order valence-electron chi connectivity index (χ3n) is 2.86. The summed E-state index contributed by atoms with van der Waals surface area (Å²) < 4.78 is 32.7. The highest BCUT2D eigenvalue weighted by Crippen LogP contribution is 2.27. The number of sulfonamides is 1. The highest BCUT2D eigenvalue weighted by molar-refractivity contribution is 7.93. The number of thiazole rings is 1. The SMILES string of the molecule is COc1ccc(C)cc1S(=O)(=O)Nc1nc(CN(C)C)cs1. The van der Waals surface area contributed by atoms with Gasteiger partial charge in [-0.25, -0.2) is 13.4 Å². The van der Waals surface area contributed by atoms with Crippen LogP contribution in [0.4, 0.5) is 5.13 Å². The van der Waals surface area contributed by atoms with Gasteiger partial charge in [0.05, 0.1) is 12.8 Å². The Balaban J connectivity index is 2.28. The summed E-state index contributed by atoms with van der Waals surface area (Å²) >= 11 is 1.26. The number of ether oxygens (including phenoxy) is 1. The standard InChI is InChI=1S/C14H19N3O3S2/c1-10-5-6-12(20-4)13(7-10)22(18,19)16-14-15-11(9-21-14)8-17(2)3/h5-7,9H,8H2,1-4H3,(H,15,16). The lowest BCUT2D eigenvalue weighted by atomic mass is 10.2. The molecule has 22 heavy (non-hydrogen) atoms. The zero-order valence-corrected chi connectivity index (χ0v) is 14.6. The molecule has 0 aliphatic rings. The van der Waals surface area contributed by atoms with E-state index in [1.54, 1.807) is 18.2 Å². The van der Waals surface area contributed by atoms with Gasteiger partial charge in [-0.2, -0.15) is 0 Å². The lowest BCUT2D eigenvalue weighted by Gasteiger charge is -2.10. The van der Waals surface area contributed by atoms with Crippen LogP contribution in [-0.4, -0.2) is 39.5 Å². The van der Waals surface area contributed by atoms with Crippen molar-refractivity contribution in [1.82, 2.24) is 9.88 Å². The smallest absolute Gasteiger partial charge is 0.267 e. The third-order valence-corrected chi connectivity index (χ3v) is 5.16. The zero-order valence-electron chi connectivity index (χ0n) is 13.0. The number of methoxy groups -OCH3 is 1. The van der Waals surface area contributed by atoms with E-state index >= 15 is 0 Å². The van der Waals surface area contributed by atoms with Crippen molar-refractivity contribution >= 4 is 26.5 Å². The van der Waals surface area contributed by atoms with E-state index in [-0.39, 0.29) is 4.90 Å². The lowest BCUT2D eigenvalue weighted by molar-refractivity contribution is 0.398. The van der Waals surface area contributed by atoms with Crippen LogP contribution in [0.3, 0.4) is 0 Å². The van der Waals surface area contributed by atoms with Gasteiger partial charge >= 0.3 is 0 Å². The van der Waals surface area contributed by atoms with Crippen molar-refractivity contribution in [3.63, 3.8) is 0 Å². The second-order valence-electron chi connectivity index (χ2n) is 5.14. The number of rotatable bonds is 6. The first-order chi connectivity index (χ1) is 10.3. The summed E-state index contributed by atoms with van der Waals surface area (Å²) in [7, 11) is 1.57. The van der Waals surface area contributed by atoms with Gasteiger partial charge in [-0.3, -0.25) is 4.72 Å². The van der Waals surface area contributed by atoms with Gasteiger partial charge in [0.1, 0.15) is 10.6 Å². The van der Waals surface area contributed by atoms with Crippen molar-refractivity contribution in [1.29, 1.82) is 0 Å². The predicted octanol–water partition coefficient (Wildman–Crippen LogP) is 2.32. The van der Waals surface area contributed by atoms with Gasteiger partial charge in [0.25, 0.3) is 10.0 Å². The summed E-state index contributed by atoms with van der Waals surface area (Å²) in [4.78, 5) is 6.36. The molecule has 1 heterocycles. The van der Waals surface area contributed by atoms with Crippen LogP contribution in [0.15, 0.2) is 28.5 Å². The Morgan fingerprint density at radius 2 is 2.09 bits per heavy atom. The number of nitrogens with zero attached hydrogens (tertiary/aromatic N) is 2. The number of aromatic nitrogens is 1. The van der Waals surface area contributed by atoms with Crippen LogP contribution in [0.25, 0.3) is 0 Å². The fourth-order valence-electron chi connectivity index (χ4n) is 1.91. The molecule has 0 aliphatic carbocycles. The minimum atomic E-state index is -3.73. The average Bonchev–Trinajstić information content (AvgIpc) is 2.84. The molecule has 120 valence electrons. The molecule has 0 atom stereocenters. The Kier molecular flexibility index (Phi) is 5.05. The first-order valence-corrected chi connectivity index (χ1v) is 8.94. The normalized spacial score (nSPS) is 11.7. The maximum atomic E-state index is 12.5. The van der Waals surface area contributed by atoms with Crippen molar-refractivity contribution in [2.75, 3.05) is 25.9 Å². The molecule has 2 rings (SSSR count). The van der Waals surface area contributed by atoms with E-state index in [0.29, 0.717) is 17.4 Å². The van der Waals surface area contributed by atoms with Gasteiger partial charge in [0.2, 0.25) is 0 Å². The molecular formula is C14H19N3O3S2. The summed E-state index contributed by atoms with van der Waals surface area (Å²) in [6.45, 7) is 2.49. The second kappa shape index (κ2) is 6.64. The first kappa shape index (κ1) is 16.7. The predicted molar refractivity (Wildman–Crippen MR) is 88.0 cm³/mol. The first-order valence-electron chi connectivity index (χ1n) is 6.58. The van der Waals surface area contributed by atoms with Gasteiger partial charge in [0.15, 0.2) is 5.13 Å². The van der Waals surface area contributed by atoms with Crippen LogP contribution < -0.4 is 9.46 Å². The molecule has 1 N–H and O–H groups in total. The quantitative estimate of drug-likeness (QED) is 0.873. The van der Waals surface area contributed by atoms with Crippen LogP contribution in [0.1, 0.15) is 11.3 Å². The van der Waals surface area contributed by atoms with E-state index < -0.39 is 10.0 Å². The average molecular weight is 341 g/mol. The van der Waals surface area contributed by atoms with Gasteiger partial charge < -0.3 is 9.64 Å². The summed E-state index contributed by atoms with van der Waals surface area (Å²) in [5.74, 6) is 0.308. The summed E-state index contributed by atoms with van der Waals surface area (Å²) in [5.41, 5.74) is 1.66. The van der Waals surface area contributed by atoms with Gasteiger partial charge in [-0.1, -0.05) is 6.07 Å². The third kappa shape index (κ3) is 3.96. The minimum Gasteiger partial charge on any atom is -0.495 e. The molecule has 2 aromatic rings. The minimum absolute atomic E-state index is 0.111. The van der Waals surface area contributed by atoms with Gasteiger partial charge in [0, 0.05) is 11.9 Å². The van der Waals surface area contributed by atoms with Crippen LogP contribution in [0.2, 0.25) is 0 Å². The number of aryl methyl sites for hydroxylation is 1. The number of anilines is 1. The molecule has 0 spiro atoms. The fraction of sp³-hybridized carbons (Fsp3) is 0.357. The maximum absolute atomic E-state index is 12.5. The van der Waals surface area contributed by atoms with Crippen molar-refractivity contribution in [3.05, 3.63) is 34.8 Å². The lowest BCUT2D eigenvalue weighted by Crippen LogP contribution is -2.15. The molecule has 0 saturated carbocycles. The van der Waals surface area contributed by atoms with Crippen LogP contribution in [0.5, 0.6) is 5.75 Å². The Morgan fingerprint density at radius 1 is 1.36 bits per heavy atom. The highest BCUT2D eigenvalue weighted by atomic mass is 32.2. The molecule has 0 unspecified atom stereocenters. The molecule has 1 aromatic carbocycles. The Bertz CT molecular complexity index is 754. The van der Waals surface area contributed by atoms with Crippen LogP contribution in [-0.2, 0) is 16.6 Å². The number of hydrogen-bond acceptors (Lipinski definition) is 6. The van der Waals surface area contributed by atoms with E-state index in [2.05, 4.69) is 9.71 Å². The molecule has 0 aliphatic heterocycles. The molecule has 0 amide bonds. The van der Waals surface area contributed by atoms with E-state index in [1.165, 1.54) is 18.4 Å². The van der Waals surface area contributed by atoms with E-state index in [1.807, 2.05) is 31.3 Å². The monoisotopic (exact) mass is 341 g/mol. The molecule has 0 bridgehead atoms. The maximum Gasteiger partial charge on any atom is 0.267 e. The number of nitrogens with one attached hydrogen (secondary N) is 1. The Hall–Kier alpha value is -1.64. The van der Waals surface area contributed by atoms with Crippen molar-refractivity contribution in [2.24, 2.45) is 0 Å². The molecular weight excluding hydrogens is 322 g/mol. The molecule has 6 nitrogen and oxygen atoms in total. The van der Waals surface area contributed by atoms with Crippen LogP contribution in [0, 0.1) is 6.92 Å². The molecule has 8 heteroatoms. The molecule has 0 radical (unpaired) electrons. The van der Waals surface area contributed by atoms with E-state index in [0.717, 1.165) is 11.3 Å². The fourth-order valence-corrected chi connectivity index (χ4v) is 4.12. The summed E-state index contributed by atoms with van der Waals surface area (Å²) in [5, 5.41) is 2.19. The van der Waals surface area contributed by atoms with E-state index in [4.69, 9.17) is 4.74 Å². The van der Waals surface area contributed by atoms with Crippen molar-refractivity contribution in [3.8, 4) is 5.75 Å². The summed E-state index contributed by atoms with van der Waals surface area (Å²) in [6.07, 6.45) is 0. The van der Waals surface area contributed by atoms with E-state index in [9.17, 15) is 8.42 Å². The van der Waals surface area contributed by atoms with Crippen molar-refractivity contribution < 1.29 is 13.2 Å².